The Bertz CT molecular complexity index is 612. The van der Waals surface area contributed by atoms with Crippen LogP contribution in [0.15, 0.2) is 16.6 Å². The molecule has 0 spiro atoms. The maximum atomic E-state index is 5.35. The first-order valence-electron chi connectivity index (χ1n) is 6.54. The summed E-state index contributed by atoms with van der Waals surface area (Å²) >= 11 is 1.36. The van der Waals surface area contributed by atoms with Crippen LogP contribution in [-0.4, -0.2) is 63.1 Å². The number of rotatable bonds is 4. The molecular formula is C11H16N8OS. The van der Waals surface area contributed by atoms with Crippen LogP contribution in [0.1, 0.15) is 0 Å². The molecule has 0 amide bonds. The Labute approximate surface area is 126 Å². The number of nitrogens with zero attached hydrogens (tertiary/aromatic N) is 7. The lowest BCUT2D eigenvalue weighted by molar-refractivity contribution is 0.122. The van der Waals surface area contributed by atoms with E-state index < -0.39 is 0 Å². The maximum Gasteiger partial charge on any atom is 0.231 e. The lowest BCUT2D eigenvalue weighted by Gasteiger charge is -2.26. The highest BCUT2D eigenvalue weighted by molar-refractivity contribution is 7.99. The van der Waals surface area contributed by atoms with Gasteiger partial charge in [0, 0.05) is 27.2 Å². The smallest absolute Gasteiger partial charge is 0.231 e. The van der Waals surface area contributed by atoms with Crippen LogP contribution in [-0.2, 0) is 11.8 Å². The predicted molar refractivity (Wildman–Crippen MR) is 77.5 cm³/mol. The summed E-state index contributed by atoms with van der Waals surface area (Å²) in [6.07, 6.45) is 1.51. The van der Waals surface area contributed by atoms with E-state index in [0.717, 1.165) is 18.2 Å². The van der Waals surface area contributed by atoms with Gasteiger partial charge < -0.3 is 15.0 Å². The van der Waals surface area contributed by atoms with Crippen LogP contribution in [0.3, 0.4) is 0 Å². The lowest BCUT2D eigenvalue weighted by Crippen LogP contribution is -2.37. The first kappa shape index (κ1) is 14.0. The predicted octanol–water partition coefficient (Wildman–Crippen LogP) is 0.0296. The monoisotopic (exact) mass is 308 g/mol. The van der Waals surface area contributed by atoms with E-state index in [-0.39, 0.29) is 0 Å². The summed E-state index contributed by atoms with van der Waals surface area (Å²) in [7, 11) is 3.62. The van der Waals surface area contributed by atoms with Crippen LogP contribution in [0.25, 0.3) is 0 Å². The van der Waals surface area contributed by atoms with E-state index in [0.29, 0.717) is 30.3 Å². The normalized spacial score (nSPS) is 15.2. The van der Waals surface area contributed by atoms with Gasteiger partial charge in [0.2, 0.25) is 17.1 Å². The molecule has 10 heteroatoms. The van der Waals surface area contributed by atoms with E-state index in [1.807, 2.05) is 7.05 Å². The molecule has 1 saturated heterocycles. The van der Waals surface area contributed by atoms with Gasteiger partial charge in [-0.3, -0.25) is 0 Å². The Morgan fingerprint density at radius 3 is 2.71 bits per heavy atom. The Morgan fingerprint density at radius 1 is 1.24 bits per heavy atom. The molecule has 0 aliphatic carbocycles. The molecule has 2 aromatic rings. The zero-order valence-corrected chi connectivity index (χ0v) is 12.7. The van der Waals surface area contributed by atoms with Gasteiger partial charge in [-0.25, -0.2) is 9.67 Å². The van der Waals surface area contributed by atoms with Crippen molar-refractivity contribution in [1.29, 1.82) is 0 Å². The van der Waals surface area contributed by atoms with Crippen molar-refractivity contribution in [3.8, 4) is 0 Å². The Morgan fingerprint density at radius 2 is 2.05 bits per heavy atom. The van der Waals surface area contributed by atoms with Crippen molar-refractivity contribution in [1.82, 2.24) is 29.7 Å². The number of hydrogen-bond acceptors (Lipinski definition) is 9. The molecule has 1 N–H and O–H groups in total. The molecule has 3 heterocycles. The molecule has 112 valence electrons. The lowest BCUT2D eigenvalue weighted by atomic mass is 10.4. The fourth-order valence-corrected chi connectivity index (χ4v) is 2.57. The third-order valence-electron chi connectivity index (χ3n) is 2.97. The second-order valence-electron chi connectivity index (χ2n) is 4.36. The summed E-state index contributed by atoms with van der Waals surface area (Å²) in [4.78, 5) is 19.5. The van der Waals surface area contributed by atoms with Crippen LogP contribution in [0, 0.1) is 0 Å². The highest BCUT2D eigenvalue weighted by Crippen LogP contribution is 2.24. The first-order valence-corrected chi connectivity index (χ1v) is 7.36. The third-order valence-corrected chi connectivity index (χ3v) is 3.89. The van der Waals surface area contributed by atoms with Gasteiger partial charge in [-0.05, 0) is 11.8 Å². The maximum absolute atomic E-state index is 5.35. The number of ether oxygens (including phenoxy) is 1. The van der Waals surface area contributed by atoms with Gasteiger partial charge in [0.15, 0.2) is 5.16 Å². The molecule has 9 nitrogen and oxygen atoms in total. The summed E-state index contributed by atoms with van der Waals surface area (Å²) in [5.74, 6) is 1.19. The van der Waals surface area contributed by atoms with Crippen LogP contribution >= 0.6 is 11.8 Å². The second kappa shape index (κ2) is 6.22. The summed E-state index contributed by atoms with van der Waals surface area (Å²) in [5.41, 5.74) is 0. The van der Waals surface area contributed by atoms with Gasteiger partial charge in [-0.15, -0.1) is 0 Å². The molecule has 0 bridgehead atoms. The molecule has 21 heavy (non-hydrogen) atoms. The summed E-state index contributed by atoms with van der Waals surface area (Å²) in [6, 6.07) is 0. The van der Waals surface area contributed by atoms with Gasteiger partial charge >= 0.3 is 0 Å². The Hall–Kier alpha value is -1.94. The number of hydrogen-bond donors (Lipinski definition) is 1. The number of nitrogens with one attached hydrogen (secondary N) is 1. The zero-order chi connectivity index (χ0) is 14.7. The van der Waals surface area contributed by atoms with Crippen molar-refractivity contribution in [3.63, 3.8) is 0 Å². The summed E-state index contributed by atoms with van der Waals surface area (Å²) in [5, 5.41) is 8.33. The van der Waals surface area contributed by atoms with E-state index in [1.54, 1.807) is 11.7 Å². The molecule has 0 unspecified atom stereocenters. The number of anilines is 2. The SMILES string of the molecule is CNc1nc(Sc2ncnn2C)nc(N2CCOCC2)n1. The minimum atomic E-state index is 0.538. The van der Waals surface area contributed by atoms with Gasteiger partial charge in [-0.1, -0.05) is 0 Å². The van der Waals surface area contributed by atoms with Crippen LogP contribution in [0.2, 0.25) is 0 Å². The fourth-order valence-electron chi connectivity index (χ4n) is 1.87. The third kappa shape index (κ3) is 3.22. The molecule has 1 fully saturated rings. The first-order chi connectivity index (χ1) is 10.3. The van der Waals surface area contributed by atoms with Crippen molar-refractivity contribution in [2.45, 2.75) is 10.3 Å². The van der Waals surface area contributed by atoms with Crippen molar-refractivity contribution >= 4 is 23.7 Å². The van der Waals surface area contributed by atoms with E-state index >= 15 is 0 Å². The van der Waals surface area contributed by atoms with Crippen LogP contribution < -0.4 is 10.2 Å². The van der Waals surface area contributed by atoms with Crippen molar-refractivity contribution in [3.05, 3.63) is 6.33 Å². The zero-order valence-electron chi connectivity index (χ0n) is 11.9. The molecule has 2 aromatic heterocycles. The minimum Gasteiger partial charge on any atom is -0.378 e. The van der Waals surface area contributed by atoms with Crippen LogP contribution in [0.4, 0.5) is 11.9 Å². The number of aryl methyl sites for hydroxylation is 1. The quantitative estimate of drug-likeness (QED) is 0.839. The van der Waals surface area contributed by atoms with E-state index in [2.05, 4.69) is 35.3 Å². The van der Waals surface area contributed by atoms with Crippen LogP contribution in [0.5, 0.6) is 0 Å². The number of aromatic nitrogens is 6. The minimum absolute atomic E-state index is 0.538. The fraction of sp³-hybridized carbons (Fsp3) is 0.545. The van der Waals surface area contributed by atoms with Crippen molar-refractivity contribution in [2.75, 3.05) is 43.6 Å². The van der Waals surface area contributed by atoms with Crippen molar-refractivity contribution < 1.29 is 4.74 Å². The molecule has 0 atom stereocenters. The second-order valence-corrected chi connectivity index (χ2v) is 5.29. The molecule has 0 saturated carbocycles. The van der Waals surface area contributed by atoms with E-state index in [1.165, 1.54) is 18.1 Å². The highest BCUT2D eigenvalue weighted by atomic mass is 32.2. The molecule has 0 radical (unpaired) electrons. The van der Waals surface area contributed by atoms with E-state index in [4.69, 9.17) is 4.74 Å². The van der Waals surface area contributed by atoms with Gasteiger partial charge in [0.1, 0.15) is 6.33 Å². The summed E-state index contributed by atoms with van der Waals surface area (Å²) < 4.78 is 7.04. The molecule has 1 aliphatic heterocycles. The largest absolute Gasteiger partial charge is 0.378 e. The van der Waals surface area contributed by atoms with Crippen molar-refractivity contribution in [2.24, 2.45) is 7.05 Å². The Kier molecular flexibility index (Phi) is 4.15. The number of morpholine rings is 1. The molecular weight excluding hydrogens is 292 g/mol. The topological polar surface area (TPSA) is 93.9 Å². The average molecular weight is 308 g/mol. The Balaban J connectivity index is 1.87. The average Bonchev–Trinajstić information content (AvgIpc) is 2.93. The van der Waals surface area contributed by atoms with E-state index in [9.17, 15) is 0 Å². The summed E-state index contributed by atoms with van der Waals surface area (Å²) in [6.45, 7) is 2.93. The molecule has 3 rings (SSSR count). The van der Waals surface area contributed by atoms with Gasteiger partial charge in [-0.2, -0.15) is 20.1 Å². The standard InChI is InChI=1S/C11H16N8OS/c1-12-8-15-9(19-3-5-20-6-4-19)17-10(16-8)21-11-13-7-14-18(11)2/h7H,3-6H2,1-2H3,(H,12,15,16,17). The molecule has 1 aliphatic rings. The molecule has 0 aromatic carbocycles. The van der Waals surface area contributed by atoms with Gasteiger partial charge in [0.25, 0.3) is 0 Å². The highest BCUT2D eigenvalue weighted by Gasteiger charge is 2.17. The van der Waals surface area contributed by atoms with Gasteiger partial charge in [0.05, 0.1) is 13.2 Å².